The molecule has 10 nitrogen and oxygen atoms in total. The first-order chi connectivity index (χ1) is 18.9. The highest BCUT2D eigenvalue weighted by Gasteiger charge is 2.37. The molecule has 39 heavy (non-hydrogen) atoms. The first kappa shape index (κ1) is 25.7. The van der Waals surface area contributed by atoms with Gasteiger partial charge in [0.1, 0.15) is 12.4 Å². The van der Waals surface area contributed by atoms with Crippen LogP contribution in [-0.2, 0) is 32.2 Å². The van der Waals surface area contributed by atoms with E-state index in [9.17, 15) is 19.2 Å². The molecule has 0 radical (unpaired) electrons. The van der Waals surface area contributed by atoms with Crippen LogP contribution in [0, 0.1) is 0 Å². The van der Waals surface area contributed by atoms with Gasteiger partial charge < -0.3 is 23.9 Å². The van der Waals surface area contributed by atoms with Gasteiger partial charge in [0.25, 0.3) is 5.56 Å². The lowest BCUT2D eigenvalue weighted by molar-refractivity contribution is -0.172. The summed E-state index contributed by atoms with van der Waals surface area (Å²) in [4.78, 5) is 54.1. The van der Waals surface area contributed by atoms with Crippen molar-refractivity contribution in [2.45, 2.75) is 33.1 Å². The van der Waals surface area contributed by atoms with Crippen molar-refractivity contribution in [1.82, 2.24) is 9.55 Å². The molecular formula is C29H24N2O8. The quantitative estimate of drug-likeness (QED) is 0.337. The highest BCUT2D eigenvalue weighted by Crippen LogP contribution is 2.36. The lowest BCUT2D eigenvalue weighted by atomic mass is 10.00. The zero-order valence-electron chi connectivity index (χ0n) is 21.2. The van der Waals surface area contributed by atoms with Crippen LogP contribution >= 0.6 is 0 Å². The summed E-state index contributed by atoms with van der Waals surface area (Å²) in [6.45, 7) is 3.58. The number of fused-ring (bicyclic) bond motifs is 5. The predicted octanol–water partition coefficient (Wildman–Crippen LogP) is 3.87. The maximum atomic E-state index is 13.3. The van der Waals surface area contributed by atoms with Crippen molar-refractivity contribution in [1.29, 1.82) is 0 Å². The summed E-state index contributed by atoms with van der Waals surface area (Å²) in [5.74, 6) is -2.49. The van der Waals surface area contributed by atoms with Crippen molar-refractivity contribution in [3.05, 3.63) is 93.3 Å². The molecule has 1 atom stereocenters. The lowest BCUT2D eigenvalue weighted by Gasteiger charge is -2.25. The third-order valence-corrected chi connectivity index (χ3v) is 6.37. The van der Waals surface area contributed by atoms with E-state index < -0.39 is 30.6 Å². The minimum absolute atomic E-state index is 0.0689. The Morgan fingerprint density at radius 3 is 2.56 bits per heavy atom. The van der Waals surface area contributed by atoms with Gasteiger partial charge in [0.05, 0.1) is 34.6 Å². The van der Waals surface area contributed by atoms with Gasteiger partial charge in [0.2, 0.25) is 6.10 Å². The van der Waals surface area contributed by atoms with E-state index in [0.29, 0.717) is 17.9 Å². The van der Waals surface area contributed by atoms with Gasteiger partial charge >= 0.3 is 17.9 Å². The Balaban J connectivity index is 0.00000151. The van der Waals surface area contributed by atoms with Crippen molar-refractivity contribution < 1.29 is 33.7 Å². The third-order valence-electron chi connectivity index (χ3n) is 6.37. The molecule has 198 valence electrons. The molecule has 0 saturated heterocycles. The van der Waals surface area contributed by atoms with Crippen LogP contribution in [0.3, 0.4) is 0 Å². The van der Waals surface area contributed by atoms with Crippen molar-refractivity contribution in [3.63, 3.8) is 0 Å². The average Bonchev–Trinajstić information content (AvgIpc) is 3.31. The van der Waals surface area contributed by atoms with Crippen molar-refractivity contribution in [3.8, 4) is 17.1 Å². The van der Waals surface area contributed by atoms with Crippen LogP contribution in [0.2, 0.25) is 0 Å². The number of rotatable bonds is 5. The van der Waals surface area contributed by atoms with Crippen LogP contribution in [-0.4, -0.2) is 39.2 Å². The molecule has 0 aliphatic carbocycles. The van der Waals surface area contributed by atoms with Gasteiger partial charge in [0, 0.05) is 16.5 Å². The number of nitrogens with zero attached hydrogens (tertiary/aromatic N) is 2. The minimum atomic E-state index is -1.43. The van der Waals surface area contributed by atoms with Crippen LogP contribution in [0.15, 0.2) is 65.5 Å². The highest BCUT2D eigenvalue weighted by molar-refractivity contribution is 5.88. The first-order valence-electron chi connectivity index (χ1n) is 12.4. The standard InChI is InChI=1S/C27H18N2O8.C2H6/c30-22(13-35-17-7-5-14(6-8-17)26(32)33)37-24-18-10-21-23-16(9-15-3-1-2-4-20(15)28-23)11-29(21)25(31)19(18)12-36-27(24)34;1-2/h1-10,24H,11-13H2,(H,32,33);1-2H3/t24-;/m0./s1. The molecule has 6 rings (SSSR count). The number of carboxylic acid groups (broad SMARTS) is 1. The van der Waals surface area contributed by atoms with Gasteiger partial charge in [-0.3, -0.25) is 4.79 Å². The molecule has 1 N–H and O–H groups in total. The van der Waals surface area contributed by atoms with E-state index in [-0.39, 0.29) is 34.6 Å². The molecule has 2 aromatic carbocycles. The van der Waals surface area contributed by atoms with E-state index in [1.54, 1.807) is 10.6 Å². The zero-order chi connectivity index (χ0) is 27.7. The van der Waals surface area contributed by atoms with Gasteiger partial charge in [-0.05, 0) is 42.5 Å². The SMILES string of the molecule is CC.O=C(COc1ccc(C(=O)O)cc1)O[C@@H]1C(=O)OCc2c1cc1n(c2=O)Cc2cc3ccccc3nc2-1. The fraction of sp³-hybridized carbons (Fsp3) is 0.207. The summed E-state index contributed by atoms with van der Waals surface area (Å²) in [6, 6.07) is 16.7. The Hall–Kier alpha value is -4.99. The molecule has 2 aromatic heterocycles. The molecule has 10 heteroatoms. The average molecular weight is 529 g/mol. The normalized spacial score (nSPS) is 14.7. The van der Waals surface area contributed by atoms with Crippen LogP contribution in [0.25, 0.3) is 22.3 Å². The zero-order valence-corrected chi connectivity index (χ0v) is 21.2. The Kier molecular flexibility index (Phi) is 6.84. The van der Waals surface area contributed by atoms with Crippen LogP contribution in [0.5, 0.6) is 5.75 Å². The maximum absolute atomic E-state index is 13.3. The Morgan fingerprint density at radius 2 is 1.82 bits per heavy atom. The highest BCUT2D eigenvalue weighted by atomic mass is 16.6. The van der Waals surface area contributed by atoms with E-state index in [4.69, 9.17) is 24.3 Å². The number of para-hydroxylation sites is 1. The molecule has 4 aromatic rings. The number of ether oxygens (including phenoxy) is 3. The molecule has 2 aliphatic heterocycles. The number of benzene rings is 2. The molecule has 0 bridgehead atoms. The van der Waals surface area contributed by atoms with Crippen LogP contribution in [0.1, 0.15) is 47.0 Å². The topological polar surface area (TPSA) is 134 Å². The summed E-state index contributed by atoms with van der Waals surface area (Å²) >= 11 is 0. The predicted molar refractivity (Wildman–Crippen MR) is 139 cm³/mol. The van der Waals surface area contributed by atoms with Gasteiger partial charge in [0.15, 0.2) is 6.61 Å². The first-order valence-corrected chi connectivity index (χ1v) is 12.4. The van der Waals surface area contributed by atoms with E-state index >= 15 is 0 Å². The fourth-order valence-corrected chi connectivity index (χ4v) is 4.57. The van der Waals surface area contributed by atoms with E-state index in [1.165, 1.54) is 24.3 Å². The molecule has 0 fully saturated rings. The molecule has 0 unspecified atom stereocenters. The summed E-state index contributed by atoms with van der Waals surface area (Å²) in [7, 11) is 0. The van der Waals surface area contributed by atoms with E-state index in [1.807, 2.05) is 44.2 Å². The Morgan fingerprint density at radius 1 is 1.08 bits per heavy atom. The Bertz CT molecular complexity index is 1670. The molecule has 0 saturated carbocycles. The summed E-state index contributed by atoms with van der Waals surface area (Å²) in [5.41, 5.74) is 3.05. The number of carbonyl (C=O) groups is 3. The molecule has 2 aliphatic rings. The number of carbonyl (C=O) groups excluding carboxylic acids is 2. The van der Waals surface area contributed by atoms with Crippen molar-refractivity contribution >= 4 is 28.8 Å². The second kappa shape index (κ2) is 10.4. The number of cyclic esters (lactones) is 1. The number of pyridine rings is 2. The van der Waals surface area contributed by atoms with Gasteiger partial charge in [-0.15, -0.1) is 0 Å². The number of carboxylic acids is 1. The molecular weight excluding hydrogens is 504 g/mol. The van der Waals surface area contributed by atoms with E-state index in [2.05, 4.69) is 0 Å². The number of aromatic nitrogens is 2. The number of hydrogen-bond donors (Lipinski definition) is 1. The molecule has 4 heterocycles. The van der Waals surface area contributed by atoms with Gasteiger partial charge in [-0.2, -0.15) is 0 Å². The number of esters is 2. The maximum Gasteiger partial charge on any atom is 0.352 e. The minimum Gasteiger partial charge on any atom is -0.482 e. The largest absolute Gasteiger partial charge is 0.482 e. The lowest BCUT2D eigenvalue weighted by Crippen LogP contribution is -2.35. The summed E-state index contributed by atoms with van der Waals surface area (Å²) in [6.07, 6.45) is -1.43. The summed E-state index contributed by atoms with van der Waals surface area (Å²) < 4.78 is 17.5. The van der Waals surface area contributed by atoms with Crippen LogP contribution in [0.4, 0.5) is 0 Å². The fourth-order valence-electron chi connectivity index (χ4n) is 4.57. The third kappa shape index (κ3) is 4.72. The monoisotopic (exact) mass is 528 g/mol. The number of hydrogen-bond acceptors (Lipinski definition) is 8. The second-order valence-corrected chi connectivity index (χ2v) is 8.64. The molecule has 0 amide bonds. The molecule has 0 spiro atoms. The van der Waals surface area contributed by atoms with Gasteiger partial charge in [-0.1, -0.05) is 32.0 Å². The second-order valence-electron chi connectivity index (χ2n) is 8.64. The Labute approximate surface area is 222 Å². The smallest absolute Gasteiger partial charge is 0.352 e. The van der Waals surface area contributed by atoms with Crippen molar-refractivity contribution in [2.75, 3.05) is 6.61 Å². The van der Waals surface area contributed by atoms with E-state index in [0.717, 1.165) is 16.5 Å². The van der Waals surface area contributed by atoms with Crippen molar-refractivity contribution in [2.24, 2.45) is 0 Å². The number of aromatic carboxylic acids is 1. The van der Waals surface area contributed by atoms with Crippen LogP contribution < -0.4 is 10.3 Å². The van der Waals surface area contributed by atoms with Gasteiger partial charge in [-0.25, -0.2) is 19.4 Å². The summed E-state index contributed by atoms with van der Waals surface area (Å²) in [5, 5.41) is 9.93.